The van der Waals surface area contributed by atoms with Gasteiger partial charge in [0.05, 0.1) is 5.56 Å². The van der Waals surface area contributed by atoms with Gasteiger partial charge in [-0.2, -0.15) is 18.2 Å². The van der Waals surface area contributed by atoms with E-state index in [0.717, 1.165) is 12.1 Å². The third-order valence-electron chi connectivity index (χ3n) is 2.17. The molecule has 1 radical (unpaired) electrons. The van der Waals surface area contributed by atoms with Gasteiger partial charge in [0, 0.05) is 12.0 Å². The van der Waals surface area contributed by atoms with Crippen molar-refractivity contribution in [1.29, 1.82) is 0 Å². The first-order chi connectivity index (χ1) is 8.40. The molecule has 95 valence electrons. The van der Waals surface area contributed by atoms with Crippen LogP contribution < -0.4 is 0 Å². The van der Waals surface area contributed by atoms with Crippen LogP contribution in [-0.4, -0.2) is 10.1 Å². The lowest BCUT2D eigenvalue weighted by molar-refractivity contribution is -0.137. The molecule has 18 heavy (non-hydrogen) atoms. The fourth-order valence-corrected chi connectivity index (χ4v) is 1.35. The van der Waals surface area contributed by atoms with E-state index >= 15 is 0 Å². The van der Waals surface area contributed by atoms with Gasteiger partial charge in [-0.05, 0) is 18.2 Å². The lowest BCUT2D eigenvalue weighted by Gasteiger charge is -2.07. The van der Waals surface area contributed by atoms with Crippen LogP contribution >= 0.6 is 0 Å². The molecule has 3 nitrogen and oxygen atoms in total. The molecule has 1 aromatic heterocycles. The fraction of sp³-hybridized carbons (Fsp3) is 0.182. The van der Waals surface area contributed by atoms with Gasteiger partial charge in [0.1, 0.15) is 5.82 Å². The Balaban J connectivity index is 2.48. The zero-order valence-electron chi connectivity index (χ0n) is 9.12. The van der Waals surface area contributed by atoms with E-state index < -0.39 is 17.6 Å². The Hall–Kier alpha value is -1.92. The Morgan fingerprint density at radius 3 is 2.50 bits per heavy atom. The summed E-state index contributed by atoms with van der Waals surface area (Å²) in [5.74, 6) is -0.942. The SMILES string of the molecule is C[CH]c1nc(-c2cc(F)cc(C(F)(F)F)c2)no1. The summed E-state index contributed by atoms with van der Waals surface area (Å²) in [7, 11) is 0. The summed E-state index contributed by atoms with van der Waals surface area (Å²) in [4.78, 5) is 3.80. The van der Waals surface area contributed by atoms with Gasteiger partial charge in [0.15, 0.2) is 0 Å². The Bertz CT molecular complexity index is 562. The Labute approximate surface area is 99.4 Å². The van der Waals surface area contributed by atoms with Crippen molar-refractivity contribution < 1.29 is 22.1 Å². The molecule has 0 atom stereocenters. The van der Waals surface area contributed by atoms with Gasteiger partial charge < -0.3 is 4.52 Å². The van der Waals surface area contributed by atoms with Gasteiger partial charge >= 0.3 is 6.18 Å². The highest BCUT2D eigenvalue weighted by Crippen LogP contribution is 2.32. The van der Waals surface area contributed by atoms with Crippen molar-refractivity contribution in [2.75, 3.05) is 0 Å². The lowest BCUT2D eigenvalue weighted by Crippen LogP contribution is -2.05. The average molecular weight is 259 g/mol. The van der Waals surface area contributed by atoms with Gasteiger partial charge in [-0.3, -0.25) is 0 Å². The number of aromatic nitrogens is 2. The zero-order valence-corrected chi connectivity index (χ0v) is 9.12. The second-order valence-corrected chi connectivity index (χ2v) is 3.47. The maximum atomic E-state index is 13.1. The minimum atomic E-state index is -4.62. The molecule has 7 heteroatoms. The second-order valence-electron chi connectivity index (χ2n) is 3.47. The highest BCUT2D eigenvalue weighted by atomic mass is 19.4. The first kappa shape index (κ1) is 12.5. The predicted octanol–water partition coefficient (Wildman–Crippen LogP) is 3.47. The minimum absolute atomic E-state index is 0.0841. The maximum Gasteiger partial charge on any atom is 0.416 e. The van der Waals surface area contributed by atoms with Crippen molar-refractivity contribution in [3.8, 4) is 11.4 Å². The molecule has 1 heterocycles. The minimum Gasteiger partial charge on any atom is -0.339 e. The monoisotopic (exact) mass is 259 g/mol. The maximum absolute atomic E-state index is 13.1. The predicted molar refractivity (Wildman–Crippen MR) is 53.8 cm³/mol. The van der Waals surface area contributed by atoms with Gasteiger partial charge in [0.25, 0.3) is 0 Å². The highest BCUT2D eigenvalue weighted by Gasteiger charge is 2.31. The molecule has 2 rings (SSSR count). The van der Waals surface area contributed by atoms with Crippen molar-refractivity contribution in [3.05, 3.63) is 41.9 Å². The summed E-state index contributed by atoms with van der Waals surface area (Å²) in [6, 6.07) is 2.10. The summed E-state index contributed by atoms with van der Waals surface area (Å²) in [6.45, 7) is 1.63. The van der Waals surface area contributed by atoms with Gasteiger partial charge in [0.2, 0.25) is 11.7 Å². The average Bonchev–Trinajstić information content (AvgIpc) is 2.75. The molecule has 2 aromatic rings. The summed E-state index contributed by atoms with van der Waals surface area (Å²) in [5, 5.41) is 3.47. The standard InChI is InChI=1S/C11H7F4N2O/c1-2-9-16-10(17-18-9)6-3-7(11(13,14)15)5-8(12)4-6/h2-5H,1H3. The number of hydrogen-bond acceptors (Lipinski definition) is 3. The van der Waals surface area contributed by atoms with Gasteiger partial charge in [-0.1, -0.05) is 12.1 Å². The van der Waals surface area contributed by atoms with E-state index in [9.17, 15) is 17.6 Å². The topological polar surface area (TPSA) is 38.9 Å². The third kappa shape index (κ3) is 2.49. The number of halogens is 4. The van der Waals surface area contributed by atoms with Crippen molar-refractivity contribution in [1.82, 2.24) is 10.1 Å². The fourth-order valence-electron chi connectivity index (χ4n) is 1.35. The van der Waals surface area contributed by atoms with Crippen LogP contribution in [-0.2, 0) is 6.18 Å². The molecule has 0 aliphatic rings. The van der Waals surface area contributed by atoms with E-state index in [0.29, 0.717) is 6.07 Å². The van der Waals surface area contributed by atoms with Crippen LogP contribution in [0.4, 0.5) is 17.6 Å². The van der Waals surface area contributed by atoms with Crippen molar-refractivity contribution in [3.63, 3.8) is 0 Å². The number of alkyl halides is 3. The van der Waals surface area contributed by atoms with Crippen LogP contribution in [0.3, 0.4) is 0 Å². The summed E-state index contributed by atoms with van der Waals surface area (Å²) in [5.41, 5.74) is -1.18. The Morgan fingerprint density at radius 2 is 1.94 bits per heavy atom. The van der Waals surface area contributed by atoms with Crippen LogP contribution in [0.25, 0.3) is 11.4 Å². The lowest BCUT2D eigenvalue weighted by atomic mass is 10.1. The Kier molecular flexibility index (Phi) is 3.06. The smallest absolute Gasteiger partial charge is 0.339 e. The molecule has 0 bridgehead atoms. The molecule has 1 aromatic carbocycles. The van der Waals surface area contributed by atoms with E-state index in [-0.39, 0.29) is 17.3 Å². The molecular formula is C11H7F4N2O. The molecule has 0 fully saturated rings. The van der Waals surface area contributed by atoms with E-state index in [2.05, 4.69) is 10.1 Å². The van der Waals surface area contributed by atoms with Crippen molar-refractivity contribution in [2.45, 2.75) is 13.1 Å². The third-order valence-corrected chi connectivity index (χ3v) is 2.17. The first-order valence-electron chi connectivity index (χ1n) is 4.91. The number of nitrogens with zero attached hydrogens (tertiary/aromatic N) is 2. The molecule has 0 unspecified atom stereocenters. The molecule has 0 aliphatic heterocycles. The summed E-state index contributed by atoms with van der Waals surface area (Å²) < 4.78 is 55.3. The van der Waals surface area contributed by atoms with Gasteiger partial charge in [-0.25, -0.2) is 4.39 Å². The van der Waals surface area contributed by atoms with Crippen LogP contribution in [0, 0.1) is 12.2 Å². The normalized spacial score (nSPS) is 11.8. The van der Waals surface area contributed by atoms with Crippen LogP contribution in [0.2, 0.25) is 0 Å². The number of benzene rings is 1. The molecule has 0 spiro atoms. The quantitative estimate of drug-likeness (QED) is 0.775. The number of rotatable bonds is 2. The van der Waals surface area contributed by atoms with Crippen LogP contribution in [0.15, 0.2) is 22.7 Å². The molecule has 0 amide bonds. The van der Waals surface area contributed by atoms with Crippen molar-refractivity contribution >= 4 is 0 Å². The van der Waals surface area contributed by atoms with Crippen LogP contribution in [0.1, 0.15) is 18.4 Å². The molecule has 0 saturated heterocycles. The first-order valence-corrected chi connectivity index (χ1v) is 4.91. The Morgan fingerprint density at radius 1 is 1.22 bits per heavy atom. The van der Waals surface area contributed by atoms with Gasteiger partial charge in [-0.15, -0.1) is 0 Å². The molecule has 0 saturated carbocycles. The highest BCUT2D eigenvalue weighted by molar-refractivity contribution is 5.56. The molecule has 0 N–H and O–H groups in total. The van der Waals surface area contributed by atoms with E-state index in [1.54, 1.807) is 6.92 Å². The van der Waals surface area contributed by atoms with E-state index in [1.165, 1.54) is 6.42 Å². The summed E-state index contributed by atoms with van der Waals surface area (Å²) >= 11 is 0. The molecule has 0 aliphatic carbocycles. The number of hydrogen-bond donors (Lipinski definition) is 0. The zero-order chi connectivity index (χ0) is 13.3. The van der Waals surface area contributed by atoms with E-state index in [1.807, 2.05) is 0 Å². The second kappa shape index (κ2) is 4.40. The largest absolute Gasteiger partial charge is 0.416 e. The van der Waals surface area contributed by atoms with Crippen LogP contribution in [0.5, 0.6) is 0 Å². The van der Waals surface area contributed by atoms with E-state index in [4.69, 9.17) is 4.52 Å². The van der Waals surface area contributed by atoms with Crippen molar-refractivity contribution in [2.24, 2.45) is 0 Å². The summed E-state index contributed by atoms with van der Waals surface area (Å²) in [6.07, 6.45) is -3.14. The molecular weight excluding hydrogens is 252 g/mol.